The third-order valence-corrected chi connectivity index (χ3v) is 3.60. The number of hydrogen-bond acceptors (Lipinski definition) is 2. The predicted molar refractivity (Wildman–Crippen MR) is 71.7 cm³/mol. The van der Waals surface area contributed by atoms with Gasteiger partial charge < -0.3 is 9.64 Å². The van der Waals surface area contributed by atoms with Gasteiger partial charge in [-0.2, -0.15) is 0 Å². The molecule has 1 saturated heterocycles. The van der Waals surface area contributed by atoms with Gasteiger partial charge in [0.05, 0.1) is 7.11 Å². The Labute approximate surface area is 105 Å². The zero-order chi connectivity index (χ0) is 12.1. The van der Waals surface area contributed by atoms with Crippen molar-refractivity contribution in [3.63, 3.8) is 0 Å². The van der Waals surface area contributed by atoms with Crippen LogP contribution in [0.4, 0.5) is 0 Å². The molecule has 2 nitrogen and oxygen atoms in total. The Morgan fingerprint density at radius 1 is 1.24 bits per heavy atom. The van der Waals surface area contributed by atoms with E-state index in [1.807, 2.05) is 0 Å². The van der Waals surface area contributed by atoms with Crippen molar-refractivity contribution in [3.05, 3.63) is 29.3 Å². The van der Waals surface area contributed by atoms with E-state index in [-0.39, 0.29) is 0 Å². The SMILES string of the molecule is COc1ccc(CCCN2CCCC2)cc1C. The number of methoxy groups -OCH3 is 1. The topological polar surface area (TPSA) is 12.5 Å². The summed E-state index contributed by atoms with van der Waals surface area (Å²) in [6.07, 6.45) is 5.23. The number of aryl methyl sites for hydroxylation is 2. The van der Waals surface area contributed by atoms with Gasteiger partial charge in [0.2, 0.25) is 0 Å². The van der Waals surface area contributed by atoms with Crippen LogP contribution < -0.4 is 4.74 Å². The Morgan fingerprint density at radius 2 is 2.00 bits per heavy atom. The van der Waals surface area contributed by atoms with Crippen molar-refractivity contribution in [2.75, 3.05) is 26.7 Å². The van der Waals surface area contributed by atoms with E-state index in [1.54, 1.807) is 7.11 Å². The number of likely N-dealkylation sites (tertiary alicyclic amines) is 1. The molecule has 2 rings (SSSR count). The lowest BCUT2D eigenvalue weighted by Crippen LogP contribution is -2.20. The largest absolute Gasteiger partial charge is 0.496 e. The first-order chi connectivity index (χ1) is 8.29. The Hall–Kier alpha value is -1.02. The monoisotopic (exact) mass is 233 g/mol. The summed E-state index contributed by atoms with van der Waals surface area (Å²) in [6.45, 7) is 5.98. The molecule has 0 saturated carbocycles. The van der Waals surface area contributed by atoms with Crippen LogP contribution in [0.3, 0.4) is 0 Å². The maximum Gasteiger partial charge on any atom is 0.121 e. The zero-order valence-corrected chi connectivity index (χ0v) is 11.0. The van der Waals surface area contributed by atoms with E-state index in [2.05, 4.69) is 30.0 Å². The summed E-state index contributed by atoms with van der Waals surface area (Å²) >= 11 is 0. The molecule has 1 aliphatic rings. The average Bonchev–Trinajstić information content (AvgIpc) is 2.82. The standard InChI is InChI=1S/C15H23NO/c1-13-12-14(7-8-15(13)17-2)6-5-11-16-9-3-4-10-16/h7-8,12H,3-6,9-11H2,1-2H3. The first kappa shape index (κ1) is 12.4. The highest BCUT2D eigenvalue weighted by atomic mass is 16.5. The van der Waals surface area contributed by atoms with Crippen LogP contribution in [0.15, 0.2) is 18.2 Å². The molecule has 0 spiro atoms. The van der Waals surface area contributed by atoms with Crippen LogP contribution in [-0.4, -0.2) is 31.6 Å². The van der Waals surface area contributed by atoms with Crippen molar-refractivity contribution in [1.29, 1.82) is 0 Å². The lowest BCUT2D eigenvalue weighted by atomic mass is 10.1. The third kappa shape index (κ3) is 3.47. The molecule has 0 radical (unpaired) electrons. The van der Waals surface area contributed by atoms with Crippen molar-refractivity contribution in [1.82, 2.24) is 4.90 Å². The summed E-state index contributed by atoms with van der Waals surface area (Å²) in [5, 5.41) is 0. The highest BCUT2D eigenvalue weighted by Gasteiger charge is 2.10. The normalized spacial score (nSPS) is 16.4. The molecule has 94 valence electrons. The summed E-state index contributed by atoms with van der Waals surface area (Å²) in [5.74, 6) is 0.994. The van der Waals surface area contributed by atoms with Crippen molar-refractivity contribution in [2.24, 2.45) is 0 Å². The van der Waals surface area contributed by atoms with Crippen LogP contribution in [0.25, 0.3) is 0 Å². The number of hydrogen-bond donors (Lipinski definition) is 0. The molecule has 1 aliphatic heterocycles. The summed E-state index contributed by atoms with van der Waals surface area (Å²) in [4.78, 5) is 2.58. The molecule has 0 N–H and O–H groups in total. The molecule has 17 heavy (non-hydrogen) atoms. The summed E-state index contributed by atoms with van der Waals surface area (Å²) in [6, 6.07) is 6.53. The van der Waals surface area contributed by atoms with E-state index in [0.717, 1.165) is 5.75 Å². The van der Waals surface area contributed by atoms with Gasteiger partial charge >= 0.3 is 0 Å². The summed E-state index contributed by atoms with van der Waals surface area (Å²) < 4.78 is 5.28. The minimum absolute atomic E-state index is 0.994. The highest BCUT2D eigenvalue weighted by molar-refractivity contribution is 5.36. The van der Waals surface area contributed by atoms with Crippen LogP contribution in [0, 0.1) is 6.92 Å². The molecule has 1 aromatic carbocycles. The van der Waals surface area contributed by atoms with Gasteiger partial charge in [-0.3, -0.25) is 0 Å². The first-order valence-electron chi connectivity index (χ1n) is 6.65. The molecule has 1 heterocycles. The van der Waals surface area contributed by atoms with Crippen LogP contribution >= 0.6 is 0 Å². The van der Waals surface area contributed by atoms with E-state index < -0.39 is 0 Å². The second-order valence-corrected chi connectivity index (χ2v) is 4.96. The molecular weight excluding hydrogens is 210 g/mol. The third-order valence-electron chi connectivity index (χ3n) is 3.60. The van der Waals surface area contributed by atoms with Gasteiger partial charge in [0.15, 0.2) is 0 Å². The molecule has 0 aromatic heterocycles. The van der Waals surface area contributed by atoms with Gasteiger partial charge in [-0.05, 0) is 69.4 Å². The van der Waals surface area contributed by atoms with E-state index in [4.69, 9.17) is 4.74 Å². The van der Waals surface area contributed by atoms with Gasteiger partial charge in [-0.25, -0.2) is 0 Å². The number of ether oxygens (including phenoxy) is 1. The van der Waals surface area contributed by atoms with Crippen molar-refractivity contribution in [3.8, 4) is 5.75 Å². The number of benzene rings is 1. The Balaban J connectivity index is 1.80. The Morgan fingerprint density at radius 3 is 2.65 bits per heavy atom. The minimum atomic E-state index is 0.994. The smallest absolute Gasteiger partial charge is 0.121 e. The molecule has 1 aromatic rings. The molecule has 0 amide bonds. The fourth-order valence-electron chi connectivity index (χ4n) is 2.61. The fraction of sp³-hybridized carbons (Fsp3) is 0.600. The van der Waals surface area contributed by atoms with Crippen LogP contribution in [0.1, 0.15) is 30.4 Å². The summed E-state index contributed by atoms with van der Waals surface area (Å²) in [7, 11) is 1.73. The van der Waals surface area contributed by atoms with E-state index in [9.17, 15) is 0 Å². The average molecular weight is 233 g/mol. The minimum Gasteiger partial charge on any atom is -0.496 e. The zero-order valence-electron chi connectivity index (χ0n) is 11.0. The van der Waals surface area contributed by atoms with Gasteiger partial charge in [-0.15, -0.1) is 0 Å². The lowest BCUT2D eigenvalue weighted by Gasteiger charge is -2.14. The van der Waals surface area contributed by atoms with Gasteiger partial charge in [0.1, 0.15) is 5.75 Å². The molecule has 1 fully saturated rings. The Bertz CT molecular complexity index is 356. The number of rotatable bonds is 5. The highest BCUT2D eigenvalue weighted by Crippen LogP contribution is 2.19. The van der Waals surface area contributed by atoms with Crippen LogP contribution in [-0.2, 0) is 6.42 Å². The maximum atomic E-state index is 5.28. The van der Waals surface area contributed by atoms with Crippen molar-refractivity contribution >= 4 is 0 Å². The summed E-state index contributed by atoms with van der Waals surface area (Å²) in [5.41, 5.74) is 2.67. The van der Waals surface area contributed by atoms with Gasteiger partial charge in [0.25, 0.3) is 0 Å². The molecular formula is C15H23NO. The number of nitrogens with zero attached hydrogens (tertiary/aromatic N) is 1. The van der Waals surface area contributed by atoms with E-state index >= 15 is 0 Å². The molecule has 2 heteroatoms. The second kappa shape index (κ2) is 6.06. The quantitative estimate of drug-likeness (QED) is 0.775. The van der Waals surface area contributed by atoms with Gasteiger partial charge in [0, 0.05) is 0 Å². The van der Waals surface area contributed by atoms with Gasteiger partial charge in [-0.1, -0.05) is 12.1 Å². The van der Waals surface area contributed by atoms with E-state index in [1.165, 1.54) is 56.4 Å². The second-order valence-electron chi connectivity index (χ2n) is 4.96. The molecule has 0 atom stereocenters. The molecule has 0 unspecified atom stereocenters. The lowest BCUT2D eigenvalue weighted by molar-refractivity contribution is 0.334. The Kier molecular flexibility index (Phi) is 4.43. The van der Waals surface area contributed by atoms with Crippen LogP contribution in [0.2, 0.25) is 0 Å². The van der Waals surface area contributed by atoms with Crippen LogP contribution in [0.5, 0.6) is 5.75 Å². The van der Waals surface area contributed by atoms with Crippen molar-refractivity contribution < 1.29 is 4.74 Å². The predicted octanol–water partition coefficient (Wildman–Crippen LogP) is 3.03. The molecule has 0 bridgehead atoms. The maximum absolute atomic E-state index is 5.28. The fourth-order valence-corrected chi connectivity index (χ4v) is 2.61. The van der Waals surface area contributed by atoms with Crippen molar-refractivity contribution in [2.45, 2.75) is 32.6 Å². The first-order valence-corrected chi connectivity index (χ1v) is 6.65. The molecule has 0 aliphatic carbocycles. The van der Waals surface area contributed by atoms with E-state index in [0.29, 0.717) is 0 Å².